The maximum atomic E-state index is 12.9. The van der Waals surface area contributed by atoms with Crippen molar-refractivity contribution in [3.05, 3.63) is 41.6 Å². The Morgan fingerprint density at radius 3 is 2.88 bits per heavy atom. The highest BCUT2D eigenvalue weighted by Crippen LogP contribution is 2.37. The Bertz CT molecular complexity index is 815. The van der Waals surface area contributed by atoms with Gasteiger partial charge in [0.25, 0.3) is 0 Å². The summed E-state index contributed by atoms with van der Waals surface area (Å²) < 4.78 is 0. The van der Waals surface area contributed by atoms with Gasteiger partial charge >= 0.3 is 0 Å². The summed E-state index contributed by atoms with van der Waals surface area (Å²) in [6.45, 7) is 6.58. The molecular weight excluding hydrogens is 298 g/mol. The van der Waals surface area contributed by atoms with Crippen molar-refractivity contribution in [2.45, 2.75) is 26.3 Å². The van der Waals surface area contributed by atoms with Crippen LogP contribution in [-0.4, -0.2) is 48.5 Å². The molecule has 4 heteroatoms. The third-order valence-corrected chi connectivity index (χ3v) is 5.81. The number of carbonyl (C=O) groups excluding carboxylic acids is 1. The van der Waals surface area contributed by atoms with Crippen LogP contribution in [0.2, 0.25) is 0 Å². The largest absolute Gasteiger partial charge is 0.361 e. The second-order valence-corrected chi connectivity index (χ2v) is 7.09. The molecule has 1 aliphatic heterocycles. The number of fused-ring (bicyclic) bond motifs is 2. The molecule has 4 rings (SSSR count). The fourth-order valence-corrected chi connectivity index (χ4v) is 4.51. The number of aromatic amines is 1. The van der Waals surface area contributed by atoms with E-state index >= 15 is 0 Å². The van der Waals surface area contributed by atoms with E-state index in [1.54, 1.807) is 0 Å². The topological polar surface area (TPSA) is 40.5 Å². The highest BCUT2D eigenvalue weighted by atomic mass is 16.2. The van der Waals surface area contributed by atoms with E-state index in [9.17, 15) is 4.79 Å². The molecule has 0 fully saturated rings. The Balaban J connectivity index is 1.80. The van der Waals surface area contributed by atoms with Gasteiger partial charge in [0.05, 0.1) is 13.6 Å². The zero-order chi connectivity index (χ0) is 16.8. The summed E-state index contributed by atoms with van der Waals surface area (Å²) in [6.07, 6.45) is 5.48. The van der Waals surface area contributed by atoms with Gasteiger partial charge in [-0.1, -0.05) is 18.2 Å². The molecule has 0 saturated heterocycles. The van der Waals surface area contributed by atoms with Crippen LogP contribution in [0.4, 0.5) is 0 Å². The van der Waals surface area contributed by atoms with Gasteiger partial charge in [0.2, 0.25) is 5.91 Å². The lowest BCUT2D eigenvalue weighted by Crippen LogP contribution is -3.15. The van der Waals surface area contributed by atoms with E-state index in [1.807, 2.05) is 4.90 Å². The van der Waals surface area contributed by atoms with Gasteiger partial charge in [0.15, 0.2) is 0 Å². The van der Waals surface area contributed by atoms with Crippen molar-refractivity contribution < 1.29 is 9.69 Å². The molecule has 0 saturated carbocycles. The Kier molecular flexibility index (Phi) is 3.72. The van der Waals surface area contributed by atoms with Gasteiger partial charge in [0, 0.05) is 42.2 Å². The molecule has 1 aromatic heterocycles. The van der Waals surface area contributed by atoms with Crippen molar-refractivity contribution >= 4 is 22.4 Å². The minimum atomic E-state index is -0.00750. The lowest BCUT2D eigenvalue weighted by Gasteiger charge is -2.37. The molecule has 0 spiro atoms. The molecule has 24 heavy (non-hydrogen) atoms. The molecule has 1 aromatic carbocycles. The second kappa shape index (κ2) is 5.78. The number of nitrogens with zero attached hydrogens (tertiary/aromatic N) is 1. The number of hydrogen-bond acceptors (Lipinski definition) is 1. The van der Waals surface area contributed by atoms with Gasteiger partial charge in [-0.05, 0) is 31.0 Å². The number of likely N-dealkylation sites (N-methyl/N-ethyl adjacent to an activating group) is 1. The zero-order valence-corrected chi connectivity index (χ0v) is 14.7. The minimum Gasteiger partial charge on any atom is -0.361 e. The van der Waals surface area contributed by atoms with E-state index in [0.29, 0.717) is 6.04 Å². The number of aromatic nitrogens is 1. The Hall–Kier alpha value is -2.07. The maximum absolute atomic E-state index is 12.9. The average molecular weight is 324 g/mol. The smallest absolute Gasteiger partial charge is 0.235 e. The van der Waals surface area contributed by atoms with Crippen molar-refractivity contribution in [3.63, 3.8) is 0 Å². The molecule has 2 aromatic rings. The molecule has 3 atom stereocenters. The molecule has 126 valence electrons. The standard InChI is InChI=1S/C20H25N3O/c1-4-23(5-2)20(24)14-9-16-15-7-6-8-17-19(15)13(11-21-17)10-18(16)22(3)12-14/h6-9,11,14,18,21H,4-5,10,12H2,1-3H3/p+1/t14-,18+/m1/s1. The number of amides is 1. The number of quaternary nitrogens is 1. The van der Waals surface area contributed by atoms with Crippen LogP contribution in [0.1, 0.15) is 25.0 Å². The van der Waals surface area contributed by atoms with E-state index in [4.69, 9.17) is 0 Å². The van der Waals surface area contributed by atoms with Gasteiger partial charge in [-0.3, -0.25) is 4.79 Å². The van der Waals surface area contributed by atoms with Crippen molar-refractivity contribution in [1.82, 2.24) is 9.88 Å². The van der Waals surface area contributed by atoms with Crippen LogP contribution in [0.15, 0.2) is 30.5 Å². The Morgan fingerprint density at radius 1 is 1.33 bits per heavy atom. The molecule has 0 radical (unpaired) electrons. The SMILES string of the molecule is CCN(CC)C(=O)[C@@H]1C=C2c3cccc4[nH]cc(c34)C[C@@H]2[NH+](C)C1. The van der Waals surface area contributed by atoms with Gasteiger partial charge in [0.1, 0.15) is 12.0 Å². The van der Waals surface area contributed by atoms with Crippen molar-refractivity contribution in [2.24, 2.45) is 5.92 Å². The molecular formula is C20H26N3O+. The van der Waals surface area contributed by atoms with Gasteiger partial charge in [-0.2, -0.15) is 0 Å². The van der Waals surface area contributed by atoms with Gasteiger partial charge in [-0.25, -0.2) is 0 Å². The first-order valence-electron chi connectivity index (χ1n) is 9.06. The van der Waals surface area contributed by atoms with Crippen molar-refractivity contribution in [2.75, 3.05) is 26.7 Å². The second-order valence-electron chi connectivity index (χ2n) is 7.09. The van der Waals surface area contributed by atoms with Crippen LogP contribution in [0.3, 0.4) is 0 Å². The van der Waals surface area contributed by atoms with Crippen LogP contribution in [-0.2, 0) is 11.2 Å². The van der Waals surface area contributed by atoms with Gasteiger partial charge < -0.3 is 14.8 Å². The maximum Gasteiger partial charge on any atom is 0.235 e. The highest BCUT2D eigenvalue weighted by molar-refractivity contribution is 5.98. The highest BCUT2D eigenvalue weighted by Gasteiger charge is 2.39. The van der Waals surface area contributed by atoms with Crippen molar-refractivity contribution in [3.8, 4) is 0 Å². The first-order chi connectivity index (χ1) is 11.6. The van der Waals surface area contributed by atoms with E-state index in [2.05, 4.69) is 56.4 Å². The third kappa shape index (κ3) is 2.20. The fourth-order valence-electron chi connectivity index (χ4n) is 4.51. The number of carbonyl (C=O) groups is 1. The van der Waals surface area contributed by atoms with E-state index in [-0.39, 0.29) is 11.8 Å². The Labute approximate surface area is 143 Å². The number of nitrogens with one attached hydrogen (secondary N) is 2. The fraction of sp³-hybridized carbons (Fsp3) is 0.450. The number of H-pyrrole nitrogens is 1. The third-order valence-electron chi connectivity index (χ3n) is 5.81. The van der Waals surface area contributed by atoms with Gasteiger partial charge in [-0.15, -0.1) is 0 Å². The van der Waals surface area contributed by atoms with Crippen molar-refractivity contribution in [1.29, 1.82) is 0 Å². The van der Waals surface area contributed by atoms with E-state index in [1.165, 1.54) is 32.5 Å². The molecule has 0 bridgehead atoms. The predicted octanol–water partition coefficient (Wildman–Crippen LogP) is 1.49. The summed E-state index contributed by atoms with van der Waals surface area (Å²) in [6, 6.07) is 6.93. The summed E-state index contributed by atoms with van der Waals surface area (Å²) in [5.41, 5.74) is 5.30. The quantitative estimate of drug-likeness (QED) is 0.882. The van der Waals surface area contributed by atoms with Crippen LogP contribution in [0.5, 0.6) is 0 Å². The first kappa shape index (κ1) is 15.5. The Morgan fingerprint density at radius 2 is 2.12 bits per heavy atom. The molecule has 2 aliphatic rings. The molecule has 1 amide bonds. The number of benzene rings is 1. The minimum absolute atomic E-state index is 0.00750. The van der Waals surface area contributed by atoms with E-state index < -0.39 is 0 Å². The van der Waals surface area contributed by atoms with Crippen LogP contribution < -0.4 is 4.90 Å². The lowest BCUT2D eigenvalue weighted by molar-refractivity contribution is -0.900. The zero-order valence-electron chi connectivity index (χ0n) is 14.7. The summed E-state index contributed by atoms with van der Waals surface area (Å²) >= 11 is 0. The molecule has 1 unspecified atom stereocenters. The number of hydrogen-bond donors (Lipinski definition) is 2. The molecule has 4 nitrogen and oxygen atoms in total. The monoisotopic (exact) mass is 324 g/mol. The summed E-state index contributed by atoms with van der Waals surface area (Å²) in [4.78, 5) is 19.7. The van der Waals surface area contributed by atoms with Crippen LogP contribution in [0, 0.1) is 5.92 Å². The summed E-state index contributed by atoms with van der Waals surface area (Å²) in [5.74, 6) is 0.268. The van der Waals surface area contributed by atoms with Crippen LogP contribution >= 0.6 is 0 Å². The lowest BCUT2D eigenvalue weighted by atomic mass is 9.79. The first-order valence-corrected chi connectivity index (χ1v) is 9.06. The molecule has 2 heterocycles. The van der Waals surface area contributed by atoms with Crippen LogP contribution in [0.25, 0.3) is 16.5 Å². The molecule has 2 N–H and O–H groups in total. The number of rotatable bonds is 3. The normalized spacial score (nSPS) is 25.3. The summed E-state index contributed by atoms with van der Waals surface area (Å²) in [7, 11) is 2.23. The molecule has 1 aliphatic carbocycles. The van der Waals surface area contributed by atoms with E-state index in [0.717, 1.165) is 26.1 Å². The summed E-state index contributed by atoms with van der Waals surface area (Å²) in [5, 5.41) is 1.35. The average Bonchev–Trinajstić information content (AvgIpc) is 3.01. The predicted molar refractivity (Wildman–Crippen MR) is 96.9 cm³/mol.